The van der Waals surface area contributed by atoms with Crippen molar-refractivity contribution >= 4 is 43.2 Å². The van der Waals surface area contributed by atoms with E-state index >= 15 is 0 Å². The van der Waals surface area contributed by atoms with Gasteiger partial charge in [-0.3, -0.25) is 4.72 Å². The summed E-state index contributed by atoms with van der Waals surface area (Å²) in [6.45, 7) is 0. The van der Waals surface area contributed by atoms with Crippen LogP contribution in [0, 0.1) is 5.92 Å². The Kier molecular flexibility index (Phi) is 5.09. The predicted molar refractivity (Wildman–Crippen MR) is 80.9 cm³/mol. The molecule has 0 aliphatic heterocycles. The van der Waals surface area contributed by atoms with Gasteiger partial charge in [0.1, 0.15) is 5.15 Å². The molecule has 0 bridgehead atoms. The van der Waals surface area contributed by atoms with Crippen LogP contribution >= 0.6 is 27.5 Å². The van der Waals surface area contributed by atoms with E-state index in [0.717, 1.165) is 25.7 Å². The van der Waals surface area contributed by atoms with Crippen LogP contribution in [0.25, 0.3) is 0 Å². The molecule has 7 heteroatoms. The van der Waals surface area contributed by atoms with Gasteiger partial charge in [-0.2, -0.15) is 0 Å². The minimum Gasteiger partial charge on any atom is -0.282 e. The summed E-state index contributed by atoms with van der Waals surface area (Å²) in [7, 11) is -3.32. The van der Waals surface area contributed by atoms with Gasteiger partial charge in [0.25, 0.3) is 0 Å². The summed E-state index contributed by atoms with van der Waals surface area (Å²) in [5.41, 5.74) is 0.437. The number of hydrogen-bond acceptors (Lipinski definition) is 3. The van der Waals surface area contributed by atoms with Crippen molar-refractivity contribution in [2.45, 2.75) is 32.1 Å². The van der Waals surface area contributed by atoms with Crippen molar-refractivity contribution in [2.75, 3.05) is 10.5 Å². The molecule has 0 unspecified atom stereocenters. The van der Waals surface area contributed by atoms with Gasteiger partial charge < -0.3 is 0 Å². The van der Waals surface area contributed by atoms with Crippen LogP contribution in [-0.4, -0.2) is 19.2 Å². The second-order valence-corrected chi connectivity index (χ2v) is 7.86. The third-order valence-corrected chi connectivity index (χ3v) is 5.84. The lowest BCUT2D eigenvalue weighted by Gasteiger charge is -2.21. The Bertz CT molecular complexity index is 545. The zero-order chi connectivity index (χ0) is 13.9. The Labute approximate surface area is 127 Å². The molecule has 4 nitrogen and oxygen atoms in total. The lowest BCUT2D eigenvalue weighted by molar-refractivity contribution is 0.385. The third kappa shape index (κ3) is 4.61. The third-order valence-electron chi connectivity index (χ3n) is 3.25. The molecular weight excluding hydrogens is 352 g/mol. The largest absolute Gasteiger partial charge is 0.282 e. The van der Waals surface area contributed by atoms with Gasteiger partial charge in [-0.05, 0) is 40.8 Å². The zero-order valence-corrected chi connectivity index (χ0v) is 13.6. The molecule has 0 atom stereocenters. The average Bonchev–Trinajstić information content (AvgIpc) is 2.34. The number of nitrogens with one attached hydrogen (secondary N) is 1. The number of sulfonamides is 1. The SMILES string of the molecule is O=S(=O)(CC1CCCCC1)Nc1cnc(Cl)c(Br)c1. The number of nitrogens with zero attached hydrogens (tertiary/aromatic N) is 1. The van der Waals surface area contributed by atoms with Crippen molar-refractivity contribution in [2.24, 2.45) is 5.92 Å². The maximum absolute atomic E-state index is 12.1. The fourth-order valence-electron chi connectivity index (χ4n) is 2.36. The Morgan fingerprint density at radius 1 is 1.37 bits per heavy atom. The van der Waals surface area contributed by atoms with Gasteiger partial charge >= 0.3 is 0 Å². The van der Waals surface area contributed by atoms with Crippen LogP contribution in [0.2, 0.25) is 5.15 Å². The van der Waals surface area contributed by atoms with Gasteiger partial charge in [-0.25, -0.2) is 13.4 Å². The van der Waals surface area contributed by atoms with Crippen molar-refractivity contribution < 1.29 is 8.42 Å². The molecule has 0 aromatic carbocycles. The molecule has 1 heterocycles. The summed E-state index contributed by atoms with van der Waals surface area (Å²) in [4.78, 5) is 3.90. The second-order valence-electron chi connectivity index (χ2n) is 4.88. The first kappa shape index (κ1) is 15.1. The molecule has 0 radical (unpaired) electrons. The van der Waals surface area contributed by atoms with E-state index < -0.39 is 10.0 Å². The normalized spacial score (nSPS) is 17.4. The number of rotatable bonds is 4. The van der Waals surface area contributed by atoms with Crippen LogP contribution in [0.5, 0.6) is 0 Å². The molecule has 0 spiro atoms. The fraction of sp³-hybridized carbons (Fsp3) is 0.583. The van der Waals surface area contributed by atoms with Crippen molar-refractivity contribution in [3.63, 3.8) is 0 Å². The van der Waals surface area contributed by atoms with E-state index in [0.29, 0.717) is 15.3 Å². The van der Waals surface area contributed by atoms with Crippen molar-refractivity contribution in [1.82, 2.24) is 4.98 Å². The summed E-state index contributed by atoms with van der Waals surface area (Å²) >= 11 is 9.00. The first-order valence-corrected chi connectivity index (χ1v) is 9.10. The summed E-state index contributed by atoms with van der Waals surface area (Å²) in [5, 5.41) is 0.315. The van der Waals surface area contributed by atoms with Crippen molar-refractivity contribution in [1.29, 1.82) is 0 Å². The van der Waals surface area contributed by atoms with Crippen LogP contribution in [0.3, 0.4) is 0 Å². The van der Waals surface area contributed by atoms with Gasteiger partial charge in [0.2, 0.25) is 10.0 Å². The molecule has 19 heavy (non-hydrogen) atoms. The summed E-state index contributed by atoms with van der Waals surface area (Å²) < 4.78 is 27.3. The summed E-state index contributed by atoms with van der Waals surface area (Å²) in [5.74, 6) is 0.461. The minimum atomic E-state index is -3.32. The molecule has 1 fully saturated rings. The Hall–Kier alpha value is -0.330. The summed E-state index contributed by atoms with van der Waals surface area (Å²) in [6, 6.07) is 1.62. The Morgan fingerprint density at radius 2 is 2.05 bits per heavy atom. The van der Waals surface area contributed by atoms with Gasteiger partial charge in [0.05, 0.1) is 22.1 Å². The molecule has 1 aromatic rings. The van der Waals surface area contributed by atoms with Crippen LogP contribution in [-0.2, 0) is 10.0 Å². The highest BCUT2D eigenvalue weighted by atomic mass is 79.9. The highest BCUT2D eigenvalue weighted by molar-refractivity contribution is 9.10. The topological polar surface area (TPSA) is 59.1 Å². The molecule has 0 amide bonds. The van der Waals surface area contributed by atoms with Crippen LogP contribution in [0.1, 0.15) is 32.1 Å². The zero-order valence-electron chi connectivity index (χ0n) is 10.4. The minimum absolute atomic E-state index is 0.188. The van der Waals surface area contributed by atoms with Crippen molar-refractivity contribution in [3.8, 4) is 0 Å². The number of aromatic nitrogens is 1. The Morgan fingerprint density at radius 3 is 2.68 bits per heavy atom. The standard InChI is InChI=1S/C12H16BrClN2O2S/c13-11-6-10(7-15-12(11)14)16-19(17,18)8-9-4-2-1-3-5-9/h6-7,9,16H,1-5,8H2. The van der Waals surface area contributed by atoms with E-state index in [9.17, 15) is 8.42 Å². The molecule has 0 saturated heterocycles. The maximum atomic E-state index is 12.1. The first-order valence-electron chi connectivity index (χ1n) is 6.28. The molecule has 1 N–H and O–H groups in total. The molecule has 1 saturated carbocycles. The molecule has 106 valence electrons. The Balaban J connectivity index is 2.01. The smallest absolute Gasteiger partial charge is 0.233 e. The van der Waals surface area contributed by atoms with E-state index in [2.05, 4.69) is 25.6 Å². The maximum Gasteiger partial charge on any atom is 0.233 e. The van der Waals surface area contributed by atoms with Gasteiger partial charge in [-0.15, -0.1) is 0 Å². The van der Waals surface area contributed by atoms with Gasteiger partial charge in [-0.1, -0.05) is 30.9 Å². The average molecular weight is 368 g/mol. The molecule has 1 aliphatic rings. The lowest BCUT2D eigenvalue weighted by atomic mass is 9.91. The van der Waals surface area contributed by atoms with E-state index in [4.69, 9.17) is 11.6 Å². The molecule has 1 aromatic heterocycles. The van der Waals surface area contributed by atoms with Gasteiger partial charge in [0, 0.05) is 0 Å². The lowest BCUT2D eigenvalue weighted by Crippen LogP contribution is -2.24. The molecule has 1 aliphatic carbocycles. The number of hydrogen-bond donors (Lipinski definition) is 1. The van der Waals surface area contributed by atoms with Crippen LogP contribution < -0.4 is 4.72 Å². The van der Waals surface area contributed by atoms with E-state index in [1.165, 1.54) is 12.6 Å². The molecule has 2 rings (SSSR count). The van der Waals surface area contributed by atoms with E-state index in [1.54, 1.807) is 6.07 Å². The molecular formula is C12H16BrClN2O2S. The van der Waals surface area contributed by atoms with Crippen LogP contribution in [0.4, 0.5) is 5.69 Å². The van der Waals surface area contributed by atoms with Crippen molar-refractivity contribution in [3.05, 3.63) is 21.9 Å². The quantitative estimate of drug-likeness (QED) is 0.823. The summed E-state index contributed by atoms with van der Waals surface area (Å²) in [6.07, 6.45) is 6.92. The van der Waals surface area contributed by atoms with Gasteiger partial charge in [0.15, 0.2) is 0 Å². The highest BCUT2D eigenvalue weighted by Gasteiger charge is 2.21. The first-order chi connectivity index (χ1) is 8.96. The second kappa shape index (κ2) is 6.41. The number of pyridine rings is 1. The number of anilines is 1. The van der Waals surface area contributed by atoms with E-state index in [1.807, 2.05) is 0 Å². The number of halogens is 2. The monoisotopic (exact) mass is 366 g/mol. The highest BCUT2D eigenvalue weighted by Crippen LogP contribution is 2.27. The predicted octanol–water partition coefficient (Wildman–Crippen LogP) is 3.82. The van der Waals surface area contributed by atoms with E-state index in [-0.39, 0.29) is 11.7 Å². The fourth-order valence-corrected chi connectivity index (χ4v) is 4.32. The van der Waals surface area contributed by atoms with Crippen LogP contribution in [0.15, 0.2) is 16.7 Å².